The predicted octanol–water partition coefficient (Wildman–Crippen LogP) is 4.57. The van der Waals surface area contributed by atoms with Crippen molar-refractivity contribution in [2.75, 3.05) is 23.1 Å². The quantitative estimate of drug-likeness (QED) is 0.125. The summed E-state index contributed by atoms with van der Waals surface area (Å²) in [4.78, 5) is 30.5. The molecule has 0 fully saturated rings. The smallest absolute Gasteiger partial charge is 0.341 e. The molecule has 13 heteroatoms. The first-order chi connectivity index (χ1) is 16.9. The van der Waals surface area contributed by atoms with Gasteiger partial charge in [0, 0.05) is 14.9 Å². The minimum Gasteiger partial charge on any atom is -0.507 e. The number of aryl methyl sites for hydroxylation is 1. The van der Waals surface area contributed by atoms with Gasteiger partial charge in [-0.15, -0.1) is 16.4 Å². The number of halogens is 1. The van der Waals surface area contributed by atoms with Crippen molar-refractivity contribution in [2.45, 2.75) is 37.8 Å². The highest BCUT2D eigenvalue weighted by atomic mass is 79.9. The Balaban J connectivity index is 1.34. The van der Waals surface area contributed by atoms with Gasteiger partial charge in [0.25, 0.3) is 0 Å². The lowest BCUT2D eigenvalue weighted by atomic mass is 9.95. The van der Waals surface area contributed by atoms with Crippen LogP contribution in [0.25, 0.3) is 0 Å². The van der Waals surface area contributed by atoms with Crippen LogP contribution in [0, 0.1) is 0 Å². The van der Waals surface area contributed by atoms with Gasteiger partial charge in [0.1, 0.15) is 10.8 Å². The SMILES string of the molecule is CCOC(=O)c1c(NC(=O)CSc2n[nH]c(N/N=C\c3cc(Br)ccc3O)n2)sc2c1CCCC2. The van der Waals surface area contributed by atoms with Crippen molar-refractivity contribution >= 4 is 68.1 Å². The number of thiophene rings is 1. The van der Waals surface area contributed by atoms with Gasteiger partial charge in [0.05, 0.1) is 24.1 Å². The molecule has 3 aromatic rings. The Bertz CT molecular complexity index is 1260. The summed E-state index contributed by atoms with van der Waals surface area (Å²) in [6.07, 6.45) is 5.28. The van der Waals surface area contributed by atoms with Crippen LogP contribution in [0.3, 0.4) is 0 Å². The number of hydrogen-bond donors (Lipinski definition) is 4. The molecule has 0 spiro atoms. The van der Waals surface area contributed by atoms with Gasteiger partial charge in [-0.05, 0) is 56.4 Å². The van der Waals surface area contributed by atoms with Crippen LogP contribution in [0.5, 0.6) is 5.75 Å². The van der Waals surface area contributed by atoms with Crippen molar-refractivity contribution in [3.05, 3.63) is 44.2 Å². The van der Waals surface area contributed by atoms with Crippen molar-refractivity contribution in [1.29, 1.82) is 0 Å². The fraction of sp³-hybridized carbons (Fsp3) is 0.318. The van der Waals surface area contributed by atoms with Gasteiger partial charge in [-0.25, -0.2) is 15.3 Å². The fourth-order valence-electron chi connectivity index (χ4n) is 3.52. The number of benzene rings is 1. The summed E-state index contributed by atoms with van der Waals surface area (Å²) in [5.74, 6) is -0.208. The molecule has 1 aromatic carbocycles. The molecular weight excluding hydrogens is 556 g/mol. The number of aromatic nitrogens is 3. The number of nitrogens with zero attached hydrogens (tertiary/aromatic N) is 3. The highest BCUT2D eigenvalue weighted by Gasteiger charge is 2.27. The third-order valence-electron chi connectivity index (χ3n) is 5.06. The summed E-state index contributed by atoms with van der Waals surface area (Å²) in [5.41, 5.74) is 4.71. The van der Waals surface area contributed by atoms with E-state index in [9.17, 15) is 14.7 Å². The number of phenolic OH excluding ortho intramolecular Hbond substituents is 1. The van der Waals surface area contributed by atoms with Crippen molar-refractivity contribution in [3.63, 3.8) is 0 Å². The molecule has 2 aromatic heterocycles. The number of amides is 1. The summed E-state index contributed by atoms with van der Waals surface area (Å²) < 4.78 is 6.04. The van der Waals surface area contributed by atoms with Gasteiger partial charge >= 0.3 is 5.97 Å². The fourth-order valence-corrected chi connectivity index (χ4v) is 5.79. The number of anilines is 2. The number of nitrogens with one attached hydrogen (secondary N) is 3. The van der Waals surface area contributed by atoms with Crippen LogP contribution in [-0.2, 0) is 22.4 Å². The Morgan fingerprint density at radius 3 is 3.03 bits per heavy atom. The highest BCUT2D eigenvalue weighted by Crippen LogP contribution is 2.38. The van der Waals surface area contributed by atoms with Crippen LogP contribution in [0.4, 0.5) is 10.9 Å². The second kappa shape index (κ2) is 11.7. The number of ether oxygens (including phenoxy) is 1. The zero-order valence-electron chi connectivity index (χ0n) is 18.8. The third-order valence-corrected chi connectivity index (χ3v) is 7.61. The van der Waals surface area contributed by atoms with E-state index in [4.69, 9.17) is 4.74 Å². The molecule has 1 amide bonds. The number of H-pyrrole nitrogens is 1. The van der Waals surface area contributed by atoms with Crippen molar-refractivity contribution in [2.24, 2.45) is 5.10 Å². The maximum atomic E-state index is 12.6. The molecule has 35 heavy (non-hydrogen) atoms. The molecule has 4 rings (SSSR count). The molecule has 0 aliphatic heterocycles. The average molecular weight is 580 g/mol. The first kappa shape index (κ1) is 25.2. The van der Waals surface area contributed by atoms with Crippen LogP contribution in [0.15, 0.2) is 32.9 Å². The lowest BCUT2D eigenvalue weighted by molar-refractivity contribution is -0.113. The van der Waals surface area contributed by atoms with Gasteiger partial charge in [-0.2, -0.15) is 10.1 Å². The molecule has 0 unspecified atom stereocenters. The zero-order chi connectivity index (χ0) is 24.8. The van der Waals surface area contributed by atoms with Crippen molar-refractivity contribution in [3.8, 4) is 5.75 Å². The Labute approximate surface area is 218 Å². The maximum absolute atomic E-state index is 12.6. The summed E-state index contributed by atoms with van der Waals surface area (Å²) >= 11 is 5.94. The third kappa shape index (κ3) is 6.41. The molecule has 4 N–H and O–H groups in total. The number of hydrazone groups is 1. The van der Waals surface area contributed by atoms with Gasteiger partial charge in [-0.1, -0.05) is 27.7 Å². The summed E-state index contributed by atoms with van der Waals surface area (Å²) in [5, 5.41) is 24.4. The van der Waals surface area contributed by atoms with E-state index in [-0.39, 0.29) is 30.0 Å². The summed E-state index contributed by atoms with van der Waals surface area (Å²) in [7, 11) is 0. The van der Waals surface area contributed by atoms with Crippen LogP contribution in [-0.4, -0.2) is 50.7 Å². The zero-order valence-corrected chi connectivity index (χ0v) is 22.0. The van der Waals surface area contributed by atoms with Crippen molar-refractivity contribution in [1.82, 2.24) is 15.2 Å². The number of aromatic hydroxyl groups is 1. The number of rotatable bonds is 9. The lowest BCUT2D eigenvalue weighted by Gasteiger charge is -2.12. The molecule has 1 aliphatic rings. The molecule has 1 aliphatic carbocycles. The van der Waals surface area contributed by atoms with Crippen LogP contribution in [0.2, 0.25) is 0 Å². The number of fused-ring (bicyclic) bond motifs is 1. The predicted molar refractivity (Wildman–Crippen MR) is 140 cm³/mol. The van der Waals surface area contributed by atoms with Crippen LogP contribution >= 0.6 is 39.0 Å². The lowest BCUT2D eigenvalue weighted by Crippen LogP contribution is -2.17. The number of phenols is 1. The average Bonchev–Trinajstić information content (AvgIpc) is 3.44. The molecular formula is C22H23BrN6O4S2. The van der Waals surface area contributed by atoms with E-state index in [1.165, 1.54) is 17.6 Å². The molecule has 2 heterocycles. The molecule has 0 saturated carbocycles. The van der Waals surface area contributed by atoms with Gasteiger partial charge < -0.3 is 15.2 Å². The number of esters is 1. The van der Waals surface area contributed by atoms with E-state index >= 15 is 0 Å². The normalized spacial score (nSPS) is 13.0. The van der Waals surface area contributed by atoms with E-state index in [2.05, 4.69) is 47.0 Å². The number of carbonyl (C=O) groups excluding carboxylic acids is 2. The standard InChI is InChI=1S/C22H23BrN6O4S2/c1-2-33-20(32)18-14-5-3-4-6-16(14)35-19(18)25-17(31)11-34-22-26-21(28-29-22)27-24-10-12-9-13(23)7-8-15(12)30/h7-10,30H,2-6,11H2,1H3,(H,25,31)(H2,26,27,28,29)/b24-10-. The van der Waals surface area contributed by atoms with E-state index in [0.29, 0.717) is 21.3 Å². The van der Waals surface area contributed by atoms with Crippen LogP contribution < -0.4 is 10.7 Å². The minimum absolute atomic E-state index is 0.0668. The van der Waals surface area contributed by atoms with E-state index < -0.39 is 5.97 Å². The summed E-state index contributed by atoms with van der Waals surface area (Å²) in [6, 6.07) is 5.00. The second-order valence-corrected chi connectivity index (χ2v) is 10.5. The van der Waals surface area contributed by atoms with Gasteiger partial charge in [0.2, 0.25) is 17.0 Å². The monoisotopic (exact) mass is 578 g/mol. The molecule has 10 nitrogen and oxygen atoms in total. The van der Waals surface area contributed by atoms with Gasteiger partial charge in [0.15, 0.2) is 0 Å². The molecule has 184 valence electrons. The van der Waals surface area contributed by atoms with Crippen LogP contribution in [0.1, 0.15) is 46.1 Å². The number of thioether (sulfide) groups is 1. The molecule has 0 atom stereocenters. The molecule has 0 bridgehead atoms. The van der Waals surface area contributed by atoms with Gasteiger partial charge in [-0.3, -0.25) is 4.79 Å². The minimum atomic E-state index is -0.392. The van der Waals surface area contributed by atoms with E-state index in [1.807, 2.05) is 0 Å². The largest absolute Gasteiger partial charge is 0.507 e. The topological polar surface area (TPSA) is 142 Å². The Morgan fingerprint density at radius 1 is 1.37 bits per heavy atom. The number of aromatic amines is 1. The van der Waals surface area contributed by atoms with E-state index in [0.717, 1.165) is 52.4 Å². The Morgan fingerprint density at radius 2 is 2.20 bits per heavy atom. The maximum Gasteiger partial charge on any atom is 0.341 e. The van der Waals surface area contributed by atoms with Crippen molar-refractivity contribution < 1.29 is 19.4 Å². The Kier molecular flexibility index (Phi) is 8.42. The Hall–Kier alpha value is -2.90. The second-order valence-electron chi connectivity index (χ2n) is 7.51. The molecule has 0 saturated heterocycles. The number of carbonyl (C=O) groups is 2. The molecule has 0 radical (unpaired) electrons. The number of hydrogen-bond acceptors (Lipinski definition) is 10. The first-order valence-corrected chi connectivity index (χ1v) is 13.5. The van der Waals surface area contributed by atoms with E-state index in [1.54, 1.807) is 25.1 Å². The first-order valence-electron chi connectivity index (χ1n) is 10.9. The highest BCUT2D eigenvalue weighted by molar-refractivity contribution is 9.10. The summed E-state index contributed by atoms with van der Waals surface area (Å²) in [6.45, 7) is 2.05.